The molecular weight excluding hydrogens is 194 g/mol. The zero-order valence-corrected chi connectivity index (χ0v) is 9.81. The van der Waals surface area contributed by atoms with Gasteiger partial charge in [-0.2, -0.15) is 0 Å². The van der Waals surface area contributed by atoms with Gasteiger partial charge < -0.3 is 5.32 Å². The van der Waals surface area contributed by atoms with Crippen LogP contribution >= 0.6 is 11.6 Å². The molecule has 1 unspecified atom stereocenters. The van der Waals surface area contributed by atoms with Gasteiger partial charge in [-0.25, -0.2) is 0 Å². The summed E-state index contributed by atoms with van der Waals surface area (Å²) in [6.45, 7) is 6.50. The first-order chi connectivity index (χ1) is 6.63. The van der Waals surface area contributed by atoms with Gasteiger partial charge in [0.05, 0.1) is 0 Å². The first-order valence-corrected chi connectivity index (χ1v) is 5.52. The standard InChI is InChI=1S/C12H18ClN/c1-4-12(14-9(2)3)10-6-5-7-11(13)8-10/h5-9,12,14H,4H2,1-3H3. The summed E-state index contributed by atoms with van der Waals surface area (Å²) in [5.41, 5.74) is 1.27. The van der Waals surface area contributed by atoms with Crippen LogP contribution in [0.25, 0.3) is 0 Å². The molecule has 1 N–H and O–H groups in total. The highest BCUT2D eigenvalue weighted by Gasteiger charge is 2.09. The molecule has 1 rings (SSSR count). The van der Waals surface area contributed by atoms with Crippen LogP contribution in [0.5, 0.6) is 0 Å². The van der Waals surface area contributed by atoms with Crippen molar-refractivity contribution in [3.05, 3.63) is 34.9 Å². The molecule has 1 nitrogen and oxygen atoms in total. The number of rotatable bonds is 4. The lowest BCUT2D eigenvalue weighted by molar-refractivity contribution is 0.466. The highest BCUT2D eigenvalue weighted by molar-refractivity contribution is 6.30. The highest BCUT2D eigenvalue weighted by Crippen LogP contribution is 2.20. The fraction of sp³-hybridized carbons (Fsp3) is 0.500. The van der Waals surface area contributed by atoms with Gasteiger partial charge in [-0.1, -0.05) is 44.5 Å². The van der Waals surface area contributed by atoms with E-state index >= 15 is 0 Å². The van der Waals surface area contributed by atoms with Crippen LogP contribution in [0.15, 0.2) is 24.3 Å². The third kappa shape index (κ3) is 3.32. The summed E-state index contributed by atoms with van der Waals surface area (Å²) >= 11 is 5.95. The Morgan fingerprint density at radius 2 is 2.07 bits per heavy atom. The van der Waals surface area contributed by atoms with E-state index < -0.39 is 0 Å². The second kappa shape index (κ2) is 5.38. The van der Waals surface area contributed by atoms with Crippen molar-refractivity contribution in [1.29, 1.82) is 0 Å². The van der Waals surface area contributed by atoms with Crippen LogP contribution in [-0.2, 0) is 0 Å². The molecule has 0 saturated heterocycles. The van der Waals surface area contributed by atoms with Crippen molar-refractivity contribution in [1.82, 2.24) is 5.32 Å². The molecule has 0 aliphatic carbocycles. The van der Waals surface area contributed by atoms with E-state index in [1.165, 1.54) is 5.56 Å². The van der Waals surface area contributed by atoms with Crippen molar-refractivity contribution in [3.63, 3.8) is 0 Å². The van der Waals surface area contributed by atoms with Crippen LogP contribution in [0.1, 0.15) is 38.8 Å². The molecule has 0 spiro atoms. The molecule has 78 valence electrons. The molecule has 0 bridgehead atoms. The zero-order valence-electron chi connectivity index (χ0n) is 9.05. The average molecular weight is 212 g/mol. The van der Waals surface area contributed by atoms with E-state index in [0.717, 1.165) is 11.4 Å². The third-order valence-corrected chi connectivity index (χ3v) is 2.43. The minimum Gasteiger partial charge on any atom is -0.308 e. The summed E-state index contributed by atoms with van der Waals surface area (Å²) < 4.78 is 0. The van der Waals surface area contributed by atoms with Crippen molar-refractivity contribution in [2.45, 2.75) is 39.3 Å². The molecular formula is C12H18ClN. The Balaban J connectivity index is 2.78. The van der Waals surface area contributed by atoms with Crippen LogP contribution in [0, 0.1) is 0 Å². The first kappa shape index (κ1) is 11.5. The monoisotopic (exact) mass is 211 g/mol. The van der Waals surface area contributed by atoms with Gasteiger partial charge in [0.1, 0.15) is 0 Å². The minimum absolute atomic E-state index is 0.411. The molecule has 1 atom stereocenters. The lowest BCUT2D eigenvalue weighted by atomic mass is 10.0. The molecule has 0 saturated carbocycles. The second-order valence-electron chi connectivity index (χ2n) is 3.84. The second-order valence-corrected chi connectivity index (χ2v) is 4.27. The van der Waals surface area contributed by atoms with Gasteiger partial charge in [-0.05, 0) is 24.1 Å². The van der Waals surface area contributed by atoms with E-state index in [0.29, 0.717) is 12.1 Å². The summed E-state index contributed by atoms with van der Waals surface area (Å²) in [6, 6.07) is 8.98. The lowest BCUT2D eigenvalue weighted by Gasteiger charge is -2.20. The highest BCUT2D eigenvalue weighted by atomic mass is 35.5. The maximum Gasteiger partial charge on any atom is 0.0409 e. The maximum absolute atomic E-state index is 5.95. The summed E-state index contributed by atoms with van der Waals surface area (Å²) in [4.78, 5) is 0. The lowest BCUT2D eigenvalue weighted by Crippen LogP contribution is -2.27. The van der Waals surface area contributed by atoms with Gasteiger partial charge in [-0.15, -0.1) is 0 Å². The molecule has 2 heteroatoms. The maximum atomic E-state index is 5.95. The minimum atomic E-state index is 0.411. The van der Waals surface area contributed by atoms with E-state index in [-0.39, 0.29) is 0 Å². The van der Waals surface area contributed by atoms with E-state index in [4.69, 9.17) is 11.6 Å². The van der Waals surface area contributed by atoms with E-state index in [2.05, 4.69) is 32.2 Å². The molecule has 14 heavy (non-hydrogen) atoms. The van der Waals surface area contributed by atoms with Gasteiger partial charge in [-0.3, -0.25) is 0 Å². The quantitative estimate of drug-likeness (QED) is 0.799. The summed E-state index contributed by atoms with van der Waals surface area (Å²) in [5.74, 6) is 0. The van der Waals surface area contributed by atoms with Gasteiger partial charge in [0.2, 0.25) is 0 Å². The largest absolute Gasteiger partial charge is 0.308 e. The summed E-state index contributed by atoms with van der Waals surface area (Å²) in [6.07, 6.45) is 1.08. The fourth-order valence-corrected chi connectivity index (χ4v) is 1.77. The smallest absolute Gasteiger partial charge is 0.0409 e. The Kier molecular flexibility index (Phi) is 4.43. The Morgan fingerprint density at radius 3 is 2.57 bits per heavy atom. The molecule has 0 amide bonds. The number of hydrogen-bond donors (Lipinski definition) is 1. The van der Waals surface area contributed by atoms with Crippen molar-refractivity contribution in [2.75, 3.05) is 0 Å². The van der Waals surface area contributed by atoms with E-state index in [9.17, 15) is 0 Å². The Labute approximate surface area is 91.5 Å². The molecule has 0 heterocycles. The van der Waals surface area contributed by atoms with Crippen molar-refractivity contribution >= 4 is 11.6 Å². The van der Waals surface area contributed by atoms with Crippen molar-refractivity contribution in [3.8, 4) is 0 Å². The molecule has 0 aliphatic heterocycles. The van der Waals surface area contributed by atoms with Crippen LogP contribution in [0.4, 0.5) is 0 Å². The Bertz CT molecular complexity index is 283. The molecule has 1 aromatic carbocycles. The summed E-state index contributed by atoms with van der Waals surface area (Å²) in [7, 11) is 0. The Hall–Kier alpha value is -0.530. The Morgan fingerprint density at radius 1 is 1.36 bits per heavy atom. The SMILES string of the molecule is CCC(NC(C)C)c1cccc(Cl)c1. The van der Waals surface area contributed by atoms with Crippen LogP contribution < -0.4 is 5.32 Å². The van der Waals surface area contributed by atoms with Crippen molar-refractivity contribution in [2.24, 2.45) is 0 Å². The van der Waals surface area contributed by atoms with Gasteiger partial charge >= 0.3 is 0 Å². The predicted octanol–water partition coefficient (Wildman–Crippen LogP) is 3.79. The van der Waals surface area contributed by atoms with Gasteiger partial charge in [0.15, 0.2) is 0 Å². The molecule has 1 aromatic rings. The van der Waals surface area contributed by atoms with Crippen LogP contribution in [0.3, 0.4) is 0 Å². The van der Waals surface area contributed by atoms with Crippen LogP contribution in [0.2, 0.25) is 5.02 Å². The zero-order chi connectivity index (χ0) is 10.6. The van der Waals surface area contributed by atoms with Crippen LogP contribution in [-0.4, -0.2) is 6.04 Å². The third-order valence-electron chi connectivity index (χ3n) is 2.19. The normalized spacial score (nSPS) is 13.2. The average Bonchev–Trinajstić information content (AvgIpc) is 2.14. The molecule has 0 aromatic heterocycles. The first-order valence-electron chi connectivity index (χ1n) is 5.15. The predicted molar refractivity (Wildman–Crippen MR) is 62.8 cm³/mol. The van der Waals surface area contributed by atoms with Gasteiger partial charge in [0.25, 0.3) is 0 Å². The number of halogens is 1. The molecule has 0 aliphatic rings. The topological polar surface area (TPSA) is 12.0 Å². The molecule has 0 fully saturated rings. The summed E-state index contributed by atoms with van der Waals surface area (Å²) in [5, 5.41) is 4.33. The van der Waals surface area contributed by atoms with Crippen molar-refractivity contribution < 1.29 is 0 Å². The van der Waals surface area contributed by atoms with E-state index in [1.54, 1.807) is 0 Å². The molecule has 0 radical (unpaired) electrons. The van der Waals surface area contributed by atoms with E-state index in [1.807, 2.05) is 18.2 Å². The number of nitrogens with one attached hydrogen (secondary N) is 1. The number of hydrogen-bond acceptors (Lipinski definition) is 1. The van der Waals surface area contributed by atoms with Gasteiger partial charge in [0, 0.05) is 17.1 Å². The fourth-order valence-electron chi connectivity index (χ4n) is 1.58. The number of benzene rings is 1.